The van der Waals surface area contributed by atoms with Gasteiger partial charge in [0.25, 0.3) is 0 Å². The summed E-state index contributed by atoms with van der Waals surface area (Å²) in [5.41, 5.74) is 8.53. The molecule has 1 aliphatic rings. The van der Waals surface area contributed by atoms with E-state index >= 15 is 0 Å². The Morgan fingerprint density at radius 2 is 1.96 bits per heavy atom. The molecule has 1 aromatic rings. The fourth-order valence-electron chi connectivity index (χ4n) is 3.31. The molecule has 25 heavy (non-hydrogen) atoms. The smallest absolute Gasteiger partial charge is 0.236 e. The third-order valence-electron chi connectivity index (χ3n) is 4.75. The highest BCUT2D eigenvalue weighted by molar-refractivity contribution is 5.81. The third-order valence-corrected chi connectivity index (χ3v) is 4.75. The molecule has 1 aliphatic heterocycles. The summed E-state index contributed by atoms with van der Waals surface area (Å²) in [6, 6.07) is 8.34. The van der Waals surface area contributed by atoms with Crippen molar-refractivity contribution in [3.05, 3.63) is 29.8 Å². The Bertz CT molecular complexity index is 538. The number of piperazine rings is 1. The minimum absolute atomic E-state index is 0.0158. The lowest BCUT2D eigenvalue weighted by atomic mass is 10.0. The second kappa shape index (κ2) is 9.78. The number of nitrogens with one attached hydrogen (secondary N) is 1. The van der Waals surface area contributed by atoms with Crippen LogP contribution >= 0.6 is 0 Å². The maximum absolute atomic E-state index is 11.9. The molecule has 3 N–H and O–H groups in total. The van der Waals surface area contributed by atoms with Gasteiger partial charge in [0, 0.05) is 38.4 Å². The molecule has 140 valence electrons. The van der Waals surface area contributed by atoms with E-state index in [9.17, 15) is 4.79 Å². The number of benzene rings is 1. The first-order valence-corrected chi connectivity index (χ1v) is 9.53. The summed E-state index contributed by atoms with van der Waals surface area (Å²) in [7, 11) is 0. The summed E-state index contributed by atoms with van der Waals surface area (Å²) in [5, 5.41) is 2.97. The number of aryl methyl sites for hydroxylation is 1. The summed E-state index contributed by atoms with van der Waals surface area (Å²) in [5.74, 6) is 0.434. The molecule has 0 aromatic heterocycles. The molecule has 1 atom stereocenters. The van der Waals surface area contributed by atoms with Crippen molar-refractivity contribution in [1.29, 1.82) is 0 Å². The average Bonchev–Trinajstić information content (AvgIpc) is 2.58. The van der Waals surface area contributed by atoms with E-state index in [-0.39, 0.29) is 11.9 Å². The molecule has 5 nitrogen and oxygen atoms in total. The first-order chi connectivity index (χ1) is 12.0. The van der Waals surface area contributed by atoms with Crippen LogP contribution in [0, 0.1) is 12.8 Å². The van der Waals surface area contributed by atoms with Gasteiger partial charge in [-0.25, -0.2) is 0 Å². The molecule has 0 aliphatic carbocycles. The fraction of sp³-hybridized carbons (Fsp3) is 0.650. The van der Waals surface area contributed by atoms with Gasteiger partial charge in [-0.15, -0.1) is 0 Å². The zero-order chi connectivity index (χ0) is 18.2. The Labute approximate surface area is 152 Å². The van der Waals surface area contributed by atoms with Crippen molar-refractivity contribution < 1.29 is 4.79 Å². The van der Waals surface area contributed by atoms with Gasteiger partial charge in [0.05, 0.1) is 6.04 Å². The Balaban J connectivity index is 1.62. The lowest BCUT2D eigenvalue weighted by molar-refractivity contribution is -0.122. The summed E-state index contributed by atoms with van der Waals surface area (Å²) < 4.78 is 0. The number of carbonyl (C=O) groups is 1. The Morgan fingerprint density at radius 3 is 2.60 bits per heavy atom. The molecule has 0 unspecified atom stereocenters. The Hall–Kier alpha value is -1.59. The molecule has 5 heteroatoms. The SMILES string of the molecule is Cc1cccc(N2CCN(CCCNC(=O)[C@@H](N)CC(C)C)CC2)c1. The molecular formula is C20H34N4O. The summed E-state index contributed by atoms with van der Waals surface area (Å²) in [4.78, 5) is 16.8. The second-order valence-electron chi connectivity index (χ2n) is 7.55. The van der Waals surface area contributed by atoms with Crippen LogP contribution in [0.15, 0.2) is 24.3 Å². The number of rotatable bonds is 8. The van der Waals surface area contributed by atoms with Gasteiger partial charge in [-0.3, -0.25) is 9.69 Å². The number of hydrogen-bond acceptors (Lipinski definition) is 4. The van der Waals surface area contributed by atoms with Crippen LogP contribution in [0.1, 0.15) is 32.3 Å². The van der Waals surface area contributed by atoms with Gasteiger partial charge in [0.15, 0.2) is 0 Å². The summed E-state index contributed by atoms with van der Waals surface area (Å²) in [6.45, 7) is 12.3. The minimum Gasteiger partial charge on any atom is -0.369 e. The lowest BCUT2D eigenvalue weighted by Gasteiger charge is -2.36. The van der Waals surface area contributed by atoms with Crippen LogP contribution in [0.2, 0.25) is 0 Å². The number of amides is 1. The molecule has 1 fully saturated rings. The van der Waals surface area contributed by atoms with E-state index in [0.717, 1.165) is 45.6 Å². The van der Waals surface area contributed by atoms with Crippen molar-refractivity contribution in [1.82, 2.24) is 10.2 Å². The van der Waals surface area contributed by atoms with Crippen LogP contribution in [0.5, 0.6) is 0 Å². The standard InChI is InChI=1S/C20H34N4O/c1-16(2)14-19(21)20(25)22-8-5-9-23-10-12-24(13-11-23)18-7-4-6-17(3)15-18/h4,6-7,15-16,19H,5,8-14,21H2,1-3H3,(H,22,25)/t19-/m0/s1. The van der Waals surface area contributed by atoms with E-state index in [2.05, 4.69) is 60.2 Å². The predicted molar refractivity (Wildman–Crippen MR) is 105 cm³/mol. The molecule has 0 spiro atoms. The molecule has 1 saturated heterocycles. The highest BCUT2D eigenvalue weighted by atomic mass is 16.2. The normalized spacial score (nSPS) is 16.9. The second-order valence-corrected chi connectivity index (χ2v) is 7.55. The first kappa shape index (κ1) is 19.7. The van der Waals surface area contributed by atoms with Crippen LogP contribution in [0.4, 0.5) is 5.69 Å². The minimum atomic E-state index is -0.377. The van der Waals surface area contributed by atoms with Gasteiger partial charge in [-0.05, 0) is 49.9 Å². The molecule has 0 saturated carbocycles. The maximum Gasteiger partial charge on any atom is 0.236 e. The maximum atomic E-state index is 11.9. The number of nitrogens with zero attached hydrogens (tertiary/aromatic N) is 2. The van der Waals surface area contributed by atoms with Crippen molar-refractivity contribution in [3.63, 3.8) is 0 Å². The van der Waals surface area contributed by atoms with Crippen LogP contribution in [-0.4, -0.2) is 56.1 Å². The number of anilines is 1. The predicted octanol–water partition coefficient (Wildman–Crippen LogP) is 2.00. The van der Waals surface area contributed by atoms with Crippen LogP contribution in [-0.2, 0) is 4.79 Å². The fourth-order valence-corrected chi connectivity index (χ4v) is 3.31. The number of carbonyl (C=O) groups excluding carboxylic acids is 1. The number of nitrogens with two attached hydrogens (primary N) is 1. The van der Waals surface area contributed by atoms with E-state index in [0.29, 0.717) is 12.5 Å². The van der Waals surface area contributed by atoms with Crippen molar-refractivity contribution in [2.24, 2.45) is 11.7 Å². The molecular weight excluding hydrogens is 312 g/mol. The summed E-state index contributed by atoms with van der Waals surface area (Å²) >= 11 is 0. The number of hydrogen-bond donors (Lipinski definition) is 2. The highest BCUT2D eigenvalue weighted by Gasteiger charge is 2.17. The molecule has 0 bridgehead atoms. The van der Waals surface area contributed by atoms with Gasteiger partial charge in [-0.2, -0.15) is 0 Å². The van der Waals surface area contributed by atoms with Crippen molar-refractivity contribution in [2.75, 3.05) is 44.2 Å². The van der Waals surface area contributed by atoms with Gasteiger partial charge in [0.1, 0.15) is 0 Å². The lowest BCUT2D eigenvalue weighted by Crippen LogP contribution is -2.47. The highest BCUT2D eigenvalue weighted by Crippen LogP contribution is 2.17. The largest absolute Gasteiger partial charge is 0.369 e. The topological polar surface area (TPSA) is 61.6 Å². The molecule has 1 heterocycles. The van der Waals surface area contributed by atoms with E-state index in [4.69, 9.17) is 5.73 Å². The Kier molecular flexibility index (Phi) is 7.72. The zero-order valence-corrected chi connectivity index (χ0v) is 16.0. The van der Waals surface area contributed by atoms with E-state index in [1.165, 1.54) is 11.3 Å². The van der Waals surface area contributed by atoms with Crippen molar-refractivity contribution >= 4 is 11.6 Å². The third kappa shape index (κ3) is 6.67. The zero-order valence-electron chi connectivity index (χ0n) is 16.0. The van der Waals surface area contributed by atoms with E-state index in [1.54, 1.807) is 0 Å². The molecule has 1 aromatic carbocycles. The van der Waals surface area contributed by atoms with Crippen LogP contribution < -0.4 is 16.0 Å². The summed E-state index contributed by atoms with van der Waals surface area (Å²) in [6.07, 6.45) is 1.72. The average molecular weight is 347 g/mol. The quantitative estimate of drug-likeness (QED) is 0.707. The van der Waals surface area contributed by atoms with Gasteiger partial charge < -0.3 is 16.0 Å². The van der Waals surface area contributed by atoms with Crippen LogP contribution in [0.25, 0.3) is 0 Å². The Morgan fingerprint density at radius 1 is 1.24 bits per heavy atom. The van der Waals surface area contributed by atoms with Crippen LogP contribution in [0.3, 0.4) is 0 Å². The van der Waals surface area contributed by atoms with Gasteiger partial charge in [-0.1, -0.05) is 26.0 Å². The molecule has 0 radical (unpaired) electrons. The monoisotopic (exact) mass is 346 g/mol. The van der Waals surface area contributed by atoms with Gasteiger partial charge >= 0.3 is 0 Å². The van der Waals surface area contributed by atoms with Gasteiger partial charge in [0.2, 0.25) is 5.91 Å². The van der Waals surface area contributed by atoms with E-state index in [1.807, 2.05) is 0 Å². The molecule has 1 amide bonds. The molecule has 2 rings (SSSR count). The van der Waals surface area contributed by atoms with E-state index < -0.39 is 0 Å². The van der Waals surface area contributed by atoms with Crippen molar-refractivity contribution in [2.45, 2.75) is 39.7 Å². The van der Waals surface area contributed by atoms with Crippen molar-refractivity contribution in [3.8, 4) is 0 Å². The first-order valence-electron chi connectivity index (χ1n) is 9.53.